The van der Waals surface area contributed by atoms with Crippen LogP contribution in [0.1, 0.15) is 0 Å². The van der Waals surface area contributed by atoms with Gasteiger partial charge in [-0.15, -0.1) is 0 Å². The third-order valence-electron chi connectivity index (χ3n) is 1.66. The van der Waals surface area contributed by atoms with Crippen LogP contribution in [0.2, 0.25) is 0 Å². The quantitative estimate of drug-likeness (QED) is 0.290. The lowest BCUT2D eigenvalue weighted by Crippen LogP contribution is -2.46. The highest BCUT2D eigenvalue weighted by Crippen LogP contribution is 2.28. The number of nitro groups is 2. The van der Waals surface area contributed by atoms with Gasteiger partial charge in [-0.25, -0.2) is 0 Å². The fourth-order valence-corrected chi connectivity index (χ4v) is 1.21. The van der Waals surface area contributed by atoms with Crippen molar-refractivity contribution in [1.29, 1.82) is 0 Å². The Morgan fingerprint density at radius 3 is 2.31 bits per heavy atom. The molecular formula is C6H5ClN2O4. The van der Waals surface area contributed by atoms with E-state index in [0.717, 1.165) is 12.2 Å². The standard InChI is InChI=1S/C6H5ClN2O4/c7-6(9(12)13)4-2-1-3-5(6)8(10)11/h1-5H. The van der Waals surface area contributed by atoms with Gasteiger partial charge in [-0.2, -0.15) is 0 Å². The van der Waals surface area contributed by atoms with Gasteiger partial charge in [0.2, 0.25) is 0 Å². The predicted molar refractivity (Wildman–Crippen MR) is 44.6 cm³/mol. The molecule has 0 aromatic rings. The smallest absolute Gasteiger partial charge is 0.264 e. The Morgan fingerprint density at radius 1 is 1.31 bits per heavy atom. The molecule has 0 fully saturated rings. The van der Waals surface area contributed by atoms with E-state index in [0.29, 0.717) is 0 Å². The van der Waals surface area contributed by atoms with E-state index in [9.17, 15) is 20.2 Å². The number of halogens is 1. The molecule has 70 valence electrons. The van der Waals surface area contributed by atoms with E-state index in [-0.39, 0.29) is 0 Å². The van der Waals surface area contributed by atoms with Crippen molar-refractivity contribution in [3.8, 4) is 0 Å². The summed E-state index contributed by atoms with van der Waals surface area (Å²) in [6, 6.07) is -1.52. The van der Waals surface area contributed by atoms with E-state index in [4.69, 9.17) is 11.6 Å². The first kappa shape index (κ1) is 9.66. The summed E-state index contributed by atoms with van der Waals surface area (Å²) >= 11 is 5.49. The van der Waals surface area contributed by atoms with Crippen molar-refractivity contribution >= 4 is 11.6 Å². The number of hydrogen-bond donors (Lipinski definition) is 0. The lowest BCUT2D eigenvalue weighted by molar-refractivity contribution is -0.613. The zero-order chi connectivity index (χ0) is 10.1. The summed E-state index contributed by atoms with van der Waals surface area (Å²) in [4.78, 5) is 17.1. The number of hydrogen-bond acceptors (Lipinski definition) is 4. The van der Waals surface area contributed by atoms with Crippen LogP contribution in [0.3, 0.4) is 0 Å². The minimum atomic E-state index is -2.15. The molecule has 0 aromatic heterocycles. The normalized spacial score (nSPS) is 31.6. The molecule has 1 aliphatic rings. The van der Waals surface area contributed by atoms with Crippen LogP contribution in [-0.4, -0.2) is 20.9 Å². The number of alkyl halides is 1. The average molecular weight is 205 g/mol. The van der Waals surface area contributed by atoms with Gasteiger partial charge in [0.05, 0.1) is 4.92 Å². The van der Waals surface area contributed by atoms with Crippen LogP contribution in [0.25, 0.3) is 0 Å². The maximum atomic E-state index is 10.5. The van der Waals surface area contributed by atoms with Crippen molar-refractivity contribution in [2.75, 3.05) is 0 Å². The second-order valence-corrected chi connectivity index (χ2v) is 3.06. The molecule has 1 aliphatic carbocycles. The predicted octanol–water partition coefficient (Wildman–Crippen LogP) is 0.969. The fourth-order valence-electron chi connectivity index (χ4n) is 0.980. The highest BCUT2D eigenvalue weighted by atomic mass is 35.5. The van der Waals surface area contributed by atoms with E-state index >= 15 is 0 Å². The molecule has 2 atom stereocenters. The average Bonchev–Trinajstić information content (AvgIpc) is 2.04. The molecule has 0 aromatic carbocycles. The maximum absolute atomic E-state index is 10.5. The first-order chi connectivity index (χ1) is 5.98. The lowest BCUT2D eigenvalue weighted by atomic mass is 10.0. The Hall–Kier alpha value is -1.43. The van der Waals surface area contributed by atoms with Crippen LogP contribution in [0.4, 0.5) is 0 Å². The Bertz CT molecular complexity index is 314. The van der Waals surface area contributed by atoms with Crippen molar-refractivity contribution in [2.24, 2.45) is 0 Å². The minimum Gasteiger partial charge on any atom is -0.264 e. The molecule has 6 nitrogen and oxygen atoms in total. The van der Waals surface area contributed by atoms with Crippen LogP contribution in [0.5, 0.6) is 0 Å². The van der Waals surface area contributed by atoms with Crippen molar-refractivity contribution in [3.05, 3.63) is 44.5 Å². The Kier molecular flexibility index (Phi) is 2.33. The van der Waals surface area contributed by atoms with Crippen LogP contribution in [0, 0.1) is 20.2 Å². The first-order valence-electron chi connectivity index (χ1n) is 3.31. The third kappa shape index (κ3) is 1.52. The second-order valence-electron chi connectivity index (χ2n) is 2.46. The molecule has 2 unspecified atom stereocenters. The molecule has 0 saturated carbocycles. The highest BCUT2D eigenvalue weighted by Gasteiger charge is 2.54. The molecule has 0 bridgehead atoms. The lowest BCUT2D eigenvalue weighted by Gasteiger charge is -2.17. The molecule has 0 amide bonds. The third-order valence-corrected chi connectivity index (χ3v) is 2.14. The summed E-state index contributed by atoms with van der Waals surface area (Å²) in [5.41, 5.74) is 0. The SMILES string of the molecule is O=[N+]([O-])C1C=CC=CC1(Cl)[N+](=O)[O-]. The zero-order valence-electron chi connectivity index (χ0n) is 6.29. The van der Waals surface area contributed by atoms with Gasteiger partial charge in [0, 0.05) is 11.0 Å². The van der Waals surface area contributed by atoms with Gasteiger partial charge in [0.25, 0.3) is 0 Å². The van der Waals surface area contributed by atoms with E-state index < -0.39 is 20.9 Å². The topological polar surface area (TPSA) is 86.3 Å². The van der Waals surface area contributed by atoms with Crippen molar-refractivity contribution < 1.29 is 9.85 Å². The summed E-state index contributed by atoms with van der Waals surface area (Å²) < 4.78 is 0. The van der Waals surface area contributed by atoms with Crippen LogP contribution < -0.4 is 0 Å². The highest BCUT2D eigenvalue weighted by molar-refractivity contribution is 6.24. The number of allylic oxidation sites excluding steroid dienone is 2. The van der Waals surface area contributed by atoms with Crippen molar-refractivity contribution in [2.45, 2.75) is 11.0 Å². The summed E-state index contributed by atoms with van der Waals surface area (Å²) in [5, 5.41) is 20.9. The van der Waals surface area contributed by atoms with Gasteiger partial charge in [-0.05, 0) is 17.7 Å². The van der Waals surface area contributed by atoms with E-state index in [1.165, 1.54) is 12.2 Å². The van der Waals surface area contributed by atoms with Gasteiger partial charge in [-0.3, -0.25) is 20.2 Å². The zero-order valence-corrected chi connectivity index (χ0v) is 7.05. The Labute approximate surface area is 77.8 Å². The largest absolute Gasteiger partial charge is 0.383 e. The van der Waals surface area contributed by atoms with Gasteiger partial charge >= 0.3 is 11.0 Å². The Balaban J connectivity index is 3.07. The minimum absolute atomic E-state index is 0.782. The first-order valence-corrected chi connectivity index (χ1v) is 3.69. The fraction of sp³-hybridized carbons (Fsp3) is 0.333. The molecule has 13 heavy (non-hydrogen) atoms. The molecule has 0 heterocycles. The summed E-state index contributed by atoms with van der Waals surface area (Å²) in [6.07, 6.45) is 4.77. The summed E-state index contributed by atoms with van der Waals surface area (Å²) in [5.74, 6) is 0. The van der Waals surface area contributed by atoms with Gasteiger partial charge in [0.15, 0.2) is 0 Å². The van der Waals surface area contributed by atoms with Crippen LogP contribution >= 0.6 is 11.6 Å². The second kappa shape index (κ2) is 3.14. The Morgan fingerprint density at radius 2 is 1.92 bits per heavy atom. The molecule has 0 radical (unpaired) electrons. The molecule has 0 spiro atoms. The molecule has 0 saturated heterocycles. The molecule has 0 aliphatic heterocycles. The molecule has 1 rings (SSSR count). The summed E-state index contributed by atoms with van der Waals surface area (Å²) in [6.45, 7) is 0. The monoisotopic (exact) mass is 204 g/mol. The van der Waals surface area contributed by atoms with Gasteiger partial charge in [-0.1, -0.05) is 12.2 Å². The molecule has 7 heteroatoms. The number of nitrogens with zero attached hydrogens (tertiary/aromatic N) is 2. The molecular weight excluding hydrogens is 200 g/mol. The van der Waals surface area contributed by atoms with E-state index in [1.807, 2.05) is 0 Å². The van der Waals surface area contributed by atoms with E-state index in [1.54, 1.807) is 0 Å². The van der Waals surface area contributed by atoms with E-state index in [2.05, 4.69) is 0 Å². The van der Waals surface area contributed by atoms with Gasteiger partial charge in [0.1, 0.15) is 0 Å². The maximum Gasteiger partial charge on any atom is 0.383 e. The number of rotatable bonds is 2. The van der Waals surface area contributed by atoms with Crippen LogP contribution in [-0.2, 0) is 0 Å². The van der Waals surface area contributed by atoms with Crippen molar-refractivity contribution in [3.63, 3.8) is 0 Å². The van der Waals surface area contributed by atoms with Gasteiger partial charge < -0.3 is 0 Å². The van der Waals surface area contributed by atoms with Crippen LogP contribution in [0.15, 0.2) is 24.3 Å². The summed E-state index contributed by atoms with van der Waals surface area (Å²) in [7, 11) is 0. The molecule has 0 N–H and O–H groups in total. The van der Waals surface area contributed by atoms with Crippen molar-refractivity contribution in [1.82, 2.24) is 0 Å².